The summed E-state index contributed by atoms with van der Waals surface area (Å²) in [5, 5.41) is 2.55. The second-order valence-electron chi connectivity index (χ2n) is 3.44. The normalized spacial score (nSPS) is 10.1. The van der Waals surface area contributed by atoms with E-state index >= 15 is 0 Å². The van der Waals surface area contributed by atoms with E-state index < -0.39 is 11.7 Å². The van der Waals surface area contributed by atoms with Crippen molar-refractivity contribution in [3.8, 4) is 0 Å². The van der Waals surface area contributed by atoms with E-state index in [2.05, 4.69) is 17.9 Å². The third-order valence-corrected chi connectivity index (χ3v) is 2.33. The topological polar surface area (TPSA) is 81.4 Å². The maximum absolute atomic E-state index is 12.9. The number of primary amides is 1. The lowest BCUT2D eigenvalue weighted by atomic mass is 10.2. The Labute approximate surface area is 109 Å². The van der Waals surface area contributed by atoms with Gasteiger partial charge in [0.05, 0.1) is 6.61 Å². The highest BCUT2D eigenvalue weighted by atomic mass is 32.1. The van der Waals surface area contributed by atoms with Crippen LogP contribution in [-0.4, -0.2) is 31.6 Å². The second kappa shape index (κ2) is 6.97. The molecule has 7 heteroatoms. The molecule has 0 aliphatic carbocycles. The van der Waals surface area contributed by atoms with Crippen molar-refractivity contribution in [2.45, 2.75) is 4.90 Å². The Bertz CT molecular complexity index is 454. The highest BCUT2D eigenvalue weighted by Gasteiger charge is 2.07. The molecular formula is C11H13FN2O3S. The minimum atomic E-state index is -0.570. The zero-order valence-corrected chi connectivity index (χ0v) is 10.4. The molecule has 18 heavy (non-hydrogen) atoms. The Morgan fingerprint density at radius 3 is 2.78 bits per heavy atom. The highest BCUT2D eigenvalue weighted by molar-refractivity contribution is 7.80. The number of rotatable bonds is 6. The van der Waals surface area contributed by atoms with Crippen molar-refractivity contribution in [3.05, 3.63) is 29.6 Å². The van der Waals surface area contributed by atoms with Gasteiger partial charge in [-0.1, -0.05) is 0 Å². The van der Waals surface area contributed by atoms with Crippen molar-refractivity contribution in [2.75, 3.05) is 19.8 Å². The monoisotopic (exact) mass is 272 g/mol. The number of hydrogen-bond acceptors (Lipinski definition) is 4. The van der Waals surface area contributed by atoms with Crippen molar-refractivity contribution in [2.24, 2.45) is 5.73 Å². The third kappa shape index (κ3) is 4.72. The van der Waals surface area contributed by atoms with E-state index in [1.54, 1.807) is 0 Å². The summed E-state index contributed by atoms with van der Waals surface area (Å²) < 4.78 is 17.8. The van der Waals surface area contributed by atoms with Crippen molar-refractivity contribution in [3.63, 3.8) is 0 Å². The Balaban J connectivity index is 2.36. The van der Waals surface area contributed by atoms with Crippen LogP contribution in [0.4, 0.5) is 4.39 Å². The lowest BCUT2D eigenvalue weighted by Crippen LogP contribution is -2.28. The molecule has 0 fully saturated rings. The fourth-order valence-electron chi connectivity index (χ4n) is 1.17. The summed E-state index contributed by atoms with van der Waals surface area (Å²) in [5.74, 6) is -1.42. The molecule has 1 aromatic carbocycles. The summed E-state index contributed by atoms with van der Waals surface area (Å²) >= 11 is 3.88. The van der Waals surface area contributed by atoms with Crippen LogP contribution in [0.15, 0.2) is 23.1 Å². The summed E-state index contributed by atoms with van der Waals surface area (Å²) in [4.78, 5) is 22.0. The molecule has 0 spiro atoms. The molecule has 98 valence electrons. The van der Waals surface area contributed by atoms with Crippen molar-refractivity contribution < 1.29 is 18.7 Å². The van der Waals surface area contributed by atoms with Gasteiger partial charge >= 0.3 is 0 Å². The minimum absolute atomic E-state index is 0.104. The maximum Gasteiger partial charge on any atom is 0.251 e. The SMILES string of the molecule is NC(=O)COCCNC(=O)c1ccc(F)c(S)c1. The fraction of sp³-hybridized carbons (Fsp3) is 0.273. The standard InChI is InChI=1S/C11H13FN2O3S/c12-8-2-1-7(5-9(8)18)11(16)14-3-4-17-6-10(13)15/h1-2,5,18H,3-4,6H2,(H2,13,15)(H,14,16). The number of thiol groups is 1. The predicted octanol–water partition coefficient (Wildman–Crippen LogP) is 0.346. The van der Waals surface area contributed by atoms with E-state index in [0.29, 0.717) is 5.56 Å². The summed E-state index contributed by atoms with van der Waals surface area (Å²) in [6.07, 6.45) is 0. The number of benzene rings is 1. The first-order valence-electron chi connectivity index (χ1n) is 5.13. The van der Waals surface area contributed by atoms with Crippen LogP contribution in [0, 0.1) is 5.82 Å². The van der Waals surface area contributed by atoms with E-state index in [1.165, 1.54) is 18.2 Å². The number of carbonyl (C=O) groups is 2. The Morgan fingerprint density at radius 1 is 1.44 bits per heavy atom. The number of ether oxygens (including phenoxy) is 1. The van der Waals surface area contributed by atoms with Gasteiger partial charge in [-0.25, -0.2) is 4.39 Å². The fourth-order valence-corrected chi connectivity index (χ4v) is 1.38. The molecule has 1 aromatic rings. The van der Waals surface area contributed by atoms with Crippen molar-refractivity contribution in [1.82, 2.24) is 5.32 Å². The molecule has 1 rings (SSSR count). The van der Waals surface area contributed by atoms with Crippen LogP contribution < -0.4 is 11.1 Å². The molecule has 0 heterocycles. The van der Waals surface area contributed by atoms with Gasteiger partial charge in [0, 0.05) is 17.0 Å². The van der Waals surface area contributed by atoms with Gasteiger partial charge < -0.3 is 15.8 Å². The molecule has 0 bridgehead atoms. The smallest absolute Gasteiger partial charge is 0.251 e. The molecule has 0 saturated carbocycles. The average Bonchev–Trinajstić information content (AvgIpc) is 2.31. The van der Waals surface area contributed by atoms with Crippen LogP contribution in [0.2, 0.25) is 0 Å². The molecule has 0 aliphatic rings. The first kappa shape index (κ1) is 14.5. The van der Waals surface area contributed by atoms with Gasteiger partial charge in [0.1, 0.15) is 12.4 Å². The van der Waals surface area contributed by atoms with Crippen LogP contribution in [0.5, 0.6) is 0 Å². The molecule has 0 aromatic heterocycles. The molecule has 0 aliphatic heterocycles. The van der Waals surface area contributed by atoms with E-state index in [0.717, 1.165) is 0 Å². The first-order chi connectivity index (χ1) is 8.50. The first-order valence-corrected chi connectivity index (χ1v) is 5.58. The number of nitrogens with two attached hydrogens (primary N) is 1. The number of carbonyl (C=O) groups excluding carboxylic acids is 2. The molecule has 0 atom stereocenters. The Hall–Kier alpha value is -1.60. The Kier molecular flexibility index (Phi) is 5.60. The van der Waals surface area contributed by atoms with Crippen molar-refractivity contribution in [1.29, 1.82) is 0 Å². The molecule has 0 radical (unpaired) electrons. The number of halogens is 1. The zero-order chi connectivity index (χ0) is 13.5. The number of nitrogens with one attached hydrogen (secondary N) is 1. The van der Waals surface area contributed by atoms with E-state index in [4.69, 9.17) is 10.5 Å². The zero-order valence-electron chi connectivity index (χ0n) is 9.48. The number of hydrogen-bond donors (Lipinski definition) is 3. The lowest BCUT2D eigenvalue weighted by Gasteiger charge is -2.06. The van der Waals surface area contributed by atoms with Gasteiger partial charge in [-0.2, -0.15) is 0 Å². The summed E-state index contributed by atoms with van der Waals surface area (Å²) in [5.41, 5.74) is 5.16. The van der Waals surface area contributed by atoms with Gasteiger partial charge in [-0.3, -0.25) is 9.59 Å². The maximum atomic E-state index is 12.9. The summed E-state index contributed by atoms with van der Waals surface area (Å²) in [6, 6.07) is 3.85. The van der Waals surface area contributed by atoms with Gasteiger partial charge in [0.25, 0.3) is 5.91 Å². The molecular weight excluding hydrogens is 259 g/mol. The van der Waals surface area contributed by atoms with Crippen LogP contribution >= 0.6 is 12.6 Å². The van der Waals surface area contributed by atoms with Gasteiger partial charge in [0.15, 0.2) is 0 Å². The van der Waals surface area contributed by atoms with E-state index in [-0.39, 0.29) is 30.6 Å². The summed E-state index contributed by atoms with van der Waals surface area (Å²) in [6.45, 7) is 0.211. The minimum Gasteiger partial charge on any atom is -0.370 e. The van der Waals surface area contributed by atoms with E-state index in [1.807, 2.05) is 0 Å². The third-order valence-electron chi connectivity index (χ3n) is 1.98. The highest BCUT2D eigenvalue weighted by Crippen LogP contribution is 2.13. The summed E-state index contributed by atoms with van der Waals surface area (Å²) in [7, 11) is 0. The Morgan fingerprint density at radius 2 is 2.17 bits per heavy atom. The molecule has 3 N–H and O–H groups in total. The predicted molar refractivity (Wildman–Crippen MR) is 66.0 cm³/mol. The van der Waals surface area contributed by atoms with Crippen molar-refractivity contribution >= 4 is 24.4 Å². The second-order valence-corrected chi connectivity index (χ2v) is 3.92. The van der Waals surface area contributed by atoms with Crippen LogP contribution in [0.3, 0.4) is 0 Å². The number of amides is 2. The lowest BCUT2D eigenvalue weighted by molar-refractivity contribution is -0.122. The van der Waals surface area contributed by atoms with Crippen LogP contribution in [0.1, 0.15) is 10.4 Å². The van der Waals surface area contributed by atoms with Gasteiger partial charge in [0.2, 0.25) is 5.91 Å². The average molecular weight is 272 g/mol. The van der Waals surface area contributed by atoms with Gasteiger partial charge in [-0.15, -0.1) is 12.6 Å². The molecule has 0 unspecified atom stereocenters. The quantitative estimate of drug-likeness (QED) is 0.516. The van der Waals surface area contributed by atoms with Gasteiger partial charge in [-0.05, 0) is 18.2 Å². The van der Waals surface area contributed by atoms with Crippen LogP contribution in [0.25, 0.3) is 0 Å². The van der Waals surface area contributed by atoms with E-state index in [9.17, 15) is 14.0 Å². The molecule has 0 saturated heterocycles. The largest absolute Gasteiger partial charge is 0.370 e. The van der Waals surface area contributed by atoms with Crippen LogP contribution in [-0.2, 0) is 9.53 Å². The molecule has 5 nitrogen and oxygen atoms in total. The molecule has 2 amide bonds.